The number of terminal acetylenes is 1. The summed E-state index contributed by atoms with van der Waals surface area (Å²) in [5.74, 6) is 3.63. The molecule has 5 nitrogen and oxygen atoms in total. The molecule has 0 amide bonds. The minimum atomic E-state index is -0.0719. The number of fused-ring (bicyclic) bond motifs is 3. The van der Waals surface area contributed by atoms with Gasteiger partial charge in [0.25, 0.3) is 5.56 Å². The molecule has 0 aliphatic heterocycles. The summed E-state index contributed by atoms with van der Waals surface area (Å²) in [6.45, 7) is 4.25. The van der Waals surface area contributed by atoms with E-state index in [0.717, 1.165) is 31.3 Å². The fourth-order valence-corrected chi connectivity index (χ4v) is 4.91. The Kier molecular flexibility index (Phi) is 5.23. The minimum absolute atomic E-state index is 0.0719. The lowest BCUT2D eigenvalue weighted by Crippen LogP contribution is -2.22. The minimum Gasteiger partial charge on any atom is -0.493 e. The van der Waals surface area contributed by atoms with Crippen molar-refractivity contribution in [2.24, 2.45) is 0 Å². The van der Waals surface area contributed by atoms with Gasteiger partial charge in [0.05, 0.1) is 26.2 Å². The zero-order valence-electron chi connectivity index (χ0n) is 16.1. The Bertz CT molecular complexity index is 1410. The predicted molar refractivity (Wildman–Crippen MR) is 125 cm³/mol. The van der Waals surface area contributed by atoms with E-state index in [-0.39, 0.29) is 12.2 Å². The van der Waals surface area contributed by atoms with Crippen LogP contribution in [0.1, 0.15) is 16.7 Å². The lowest BCUT2D eigenvalue weighted by Gasteiger charge is -2.11. The second-order valence-corrected chi connectivity index (χ2v) is 8.77. The lowest BCUT2D eigenvalue weighted by atomic mass is 10.1. The average molecular weight is 516 g/mol. The summed E-state index contributed by atoms with van der Waals surface area (Å²) in [6, 6.07) is 7.81. The number of methoxy groups -OCH3 is 1. The molecule has 4 rings (SSSR count). The van der Waals surface area contributed by atoms with Gasteiger partial charge in [0.2, 0.25) is 0 Å². The Labute approximate surface area is 185 Å². The molecule has 0 bridgehead atoms. The standard InChI is InChI=1S/C22H17IN2O3S/c1-5-6-28-20-15(23)9-14(10-18(20)27-4)11-19-21(26)25-17-8-13(3)12(2)7-16(17)24-22(25)29-19/h1,7-11H,6H2,2-4H3/b19-11+. The van der Waals surface area contributed by atoms with Gasteiger partial charge in [0.15, 0.2) is 16.5 Å². The molecule has 0 atom stereocenters. The molecule has 0 aliphatic rings. The molecule has 0 radical (unpaired) electrons. The molecule has 2 heterocycles. The zero-order chi connectivity index (χ0) is 20.7. The van der Waals surface area contributed by atoms with Crippen LogP contribution in [0.3, 0.4) is 0 Å². The van der Waals surface area contributed by atoms with Crippen molar-refractivity contribution in [3.05, 3.63) is 59.4 Å². The Balaban J connectivity index is 1.88. The van der Waals surface area contributed by atoms with Gasteiger partial charge in [-0.25, -0.2) is 9.38 Å². The summed E-state index contributed by atoms with van der Waals surface area (Å²) >= 11 is 3.55. The first-order valence-corrected chi connectivity index (χ1v) is 10.7. The van der Waals surface area contributed by atoms with Crippen LogP contribution in [0, 0.1) is 29.8 Å². The highest BCUT2D eigenvalue weighted by molar-refractivity contribution is 14.1. The Hall–Kier alpha value is -2.57. The van der Waals surface area contributed by atoms with Crippen molar-refractivity contribution in [2.75, 3.05) is 13.7 Å². The summed E-state index contributed by atoms with van der Waals surface area (Å²) in [5.41, 5.74) is 4.76. The van der Waals surface area contributed by atoms with E-state index in [1.165, 1.54) is 11.3 Å². The van der Waals surface area contributed by atoms with E-state index in [4.69, 9.17) is 15.9 Å². The van der Waals surface area contributed by atoms with E-state index in [2.05, 4.69) is 33.5 Å². The maximum absolute atomic E-state index is 13.1. The lowest BCUT2D eigenvalue weighted by molar-refractivity contribution is 0.328. The third-order valence-corrected chi connectivity index (χ3v) is 6.47. The highest BCUT2D eigenvalue weighted by Crippen LogP contribution is 2.34. The molecule has 0 fully saturated rings. The first-order valence-electron chi connectivity index (χ1n) is 8.80. The van der Waals surface area contributed by atoms with Crippen molar-refractivity contribution in [3.8, 4) is 23.8 Å². The number of benzene rings is 2. The summed E-state index contributed by atoms with van der Waals surface area (Å²) in [4.78, 5) is 18.4. The van der Waals surface area contributed by atoms with Gasteiger partial charge >= 0.3 is 0 Å². The maximum atomic E-state index is 13.1. The number of rotatable bonds is 4. The molecule has 0 saturated heterocycles. The summed E-state index contributed by atoms with van der Waals surface area (Å²) in [5, 5.41) is 0. The molecule has 4 aromatic rings. The molecule has 2 aromatic heterocycles. The van der Waals surface area contributed by atoms with Gasteiger partial charge in [-0.15, -0.1) is 6.42 Å². The monoisotopic (exact) mass is 516 g/mol. The van der Waals surface area contributed by atoms with Crippen molar-refractivity contribution in [2.45, 2.75) is 13.8 Å². The number of hydrogen-bond acceptors (Lipinski definition) is 5. The molecule has 0 N–H and O–H groups in total. The molecule has 0 saturated carbocycles. The first kappa shape index (κ1) is 19.7. The fraction of sp³-hybridized carbons (Fsp3) is 0.182. The third-order valence-electron chi connectivity index (χ3n) is 4.70. The third kappa shape index (κ3) is 3.47. The SMILES string of the molecule is C#CCOc1c(I)cc(/C=c2/sc3nc4cc(C)c(C)cc4n3c2=O)cc1OC. The van der Waals surface area contributed by atoms with Gasteiger partial charge in [-0.05, 0) is 83.5 Å². The second kappa shape index (κ2) is 7.69. The molecule has 0 spiro atoms. The van der Waals surface area contributed by atoms with Crippen molar-refractivity contribution in [1.29, 1.82) is 0 Å². The predicted octanol–water partition coefficient (Wildman–Crippen LogP) is 3.70. The molecular weight excluding hydrogens is 499 g/mol. The largest absolute Gasteiger partial charge is 0.493 e. The van der Waals surface area contributed by atoms with Crippen LogP contribution in [-0.4, -0.2) is 23.1 Å². The van der Waals surface area contributed by atoms with Gasteiger partial charge in [0, 0.05) is 0 Å². The van der Waals surface area contributed by atoms with E-state index in [9.17, 15) is 4.79 Å². The number of thiazole rings is 1. The van der Waals surface area contributed by atoms with Crippen LogP contribution in [0.4, 0.5) is 0 Å². The molecule has 0 aliphatic carbocycles. The van der Waals surface area contributed by atoms with Crippen molar-refractivity contribution in [3.63, 3.8) is 0 Å². The topological polar surface area (TPSA) is 52.8 Å². The van der Waals surface area contributed by atoms with Gasteiger partial charge in [-0.3, -0.25) is 4.79 Å². The fourth-order valence-electron chi connectivity index (χ4n) is 3.15. The number of nitrogens with zero attached hydrogens (tertiary/aromatic N) is 2. The van der Waals surface area contributed by atoms with Crippen LogP contribution in [0.2, 0.25) is 0 Å². The van der Waals surface area contributed by atoms with Gasteiger partial charge < -0.3 is 9.47 Å². The highest BCUT2D eigenvalue weighted by atomic mass is 127. The number of hydrogen-bond donors (Lipinski definition) is 0. The Morgan fingerprint density at radius 1 is 1.28 bits per heavy atom. The molecular formula is C22H17IN2O3S. The van der Waals surface area contributed by atoms with Gasteiger partial charge in [-0.1, -0.05) is 17.3 Å². The normalized spacial score (nSPS) is 11.9. The first-order chi connectivity index (χ1) is 13.9. The zero-order valence-corrected chi connectivity index (χ0v) is 19.1. The molecule has 0 unspecified atom stereocenters. The van der Waals surface area contributed by atoms with E-state index in [0.29, 0.717) is 21.0 Å². The van der Waals surface area contributed by atoms with E-state index in [1.54, 1.807) is 11.5 Å². The summed E-state index contributed by atoms with van der Waals surface area (Å²) < 4.78 is 14.2. The quantitative estimate of drug-likeness (QED) is 0.307. The van der Waals surface area contributed by atoms with Crippen LogP contribution < -0.4 is 19.6 Å². The second-order valence-electron chi connectivity index (χ2n) is 6.60. The van der Waals surface area contributed by atoms with Gasteiger partial charge in [0.1, 0.15) is 6.61 Å². The maximum Gasteiger partial charge on any atom is 0.274 e. The molecule has 2 aromatic carbocycles. The van der Waals surface area contributed by atoms with Gasteiger partial charge in [-0.2, -0.15) is 0 Å². The van der Waals surface area contributed by atoms with Crippen molar-refractivity contribution in [1.82, 2.24) is 9.38 Å². The van der Waals surface area contributed by atoms with E-state index >= 15 is 0 Å². The van der Waals surface area contributed by atoms with Crippen LogP contribution in [0.5, 0.6) is 11.5 Å². The van der Waals surface area contributed by atoms with E-state index < -0.39 is 0 Å². The molecule has 29 heavy (non-hydrogen) atoms. The molecule has 146 valence electrons. The molecule has 7 heteroatoms. The number of aromatic nitrogens is 2. The van der Waals surface area contributed by atoms with Crippen molar-refractivity contribution >= 4 is 56.0 Å². The van der Waals surface area contributed by atoms with Crippen molar-refractivity contribution < 1.29 is 9.47 Å². The highest BCUT2D eigenvalue weighted by Gasteiger charge is 2.14. The van der Waals surface area contributed by atoms with Crippen LogP contribution in [0.25, 0.3) is 22.1 Å². The Morgan fingerprint density at radius 2 is 2.03 bits per heavy atom. The van der Waals surface area contributed by atoms with Crippen LogP contribution in [-0.2, 0) is 0 Å². The number of halogens is 1. The Morgan fingerprint density at radius 3 is 2.76 bits per heavy atom. The number of imidazole rings is 1. The summed E-state index contributed by atoms with van der Waals surface area (Å²) in [6.07, 6.45) is 7.14. The number of aryl methyl sites for hydroxylation is 2. The van der Waals surface area contributed by atoms with E-state index in [1.807, 2.05) is 44.2 Å². The summed E-state index contributed by atoms with van der Waals surface area (Å²) in [7, 11) is 1.58. The van der Waals surface area contributed by atoms with Crippen LogP contribution in [0.15, 0.2) is 29.1 Å². The smallest absolute Gasteiger partial charge is 0.274 e. The number of ether oxygens (including phenoxy) is 2. The van der Waals surface area contributed by atoms with Crippen LogP contribution >= 0.6 is 33.9 Å². The average Bonchev–Trinajstić information content (AvgIpc) is 3.17.